The zero-order valence-electron chi connectivity index (χ0n) is 46.4. The lowest BCUT2D eigenvalue weighted by Crippen LogP contribution is -2.09. The second-order valence-electron chi connectivity index (χ2n) is 19.1. The molecule has 6 aromatic carbocycles. The summed E-state index contributed by atoms with van der Waals surface area (Å²) >= 11 is 21.8. The Bertz CT molecular complexity index is 3570. The van der Waals surface area contributed by atoms with E-state index >= 15 is 0 Å². The van der Waals surface area contributed by atoms with Crippen LogP contribution in [0.5, 0.6) is 0 Å². The van der Waals surface area contributed by atoms with Gasteiger partial charge in [-0.05, 0) is 87.5 Å². The first kappa shape index (κ1) is 63.8. The molecular weight excluding hydrogens is 1150 g/mol. The molecule has 3 aromatic heterocycles. The van der Waals surface area contributed by atoms with E-state index in [2.05, 4.69) is 87.0 Å². The molecule has 0 atom stereocenters. The van der Waals surface area contributed by atoms with Crippen molar-refractivity contribution < 1.29 is 15.3 Å². The number of imidazole rings is 3. The number of aryl methyl sites for hydroxylation is 3. The number of halogens is 4. The fourth-order valence-electron chi connectivity index (χ4n) is 8.91. The van der Waals surface area contributed by atoms with Gasteiger partial charge in [-0.25, -0.2) is 15.0 Å². The summed E-state index contributed by atoms with van der Waals surface area (Å²) in [6.45, 7) is 7.25. The van der Waals surface area contributed by atoms with Gasteiger partial charge in [-0.2, -0.15) is 15.8 Å². The SMILES string of the molecule is CCCCc1nc(CO)c(Cl)n1Cc1ccc(-c2ccccc2C#N)cc1.CCCCc1nc(Cl)c(CO)[nH]1.CCCCc1nc(Cl)c(CO)n1Cc1ccc(-c2ccccc2C#N)cc1.N#Cc1ccccc1-c1ccc(CBr)cc1. The number of H-pyrrole nitrogens is 1. The van der Waals surface area contributed by atoms with Gasteiger partial charge >= 0.3 is 0 Å². The molecule has 0 aliphatic rings. The van der Waals surface area contributed by atoms with Crippen LogP contribution in [0.25, 0.3) is 33.4 Å². The standard InChI is InChI=1S/2C22H22ClN3O.C14H10BrN.C8H13ClN2O/c1-2-3-8-21-25-22(23)20(15-27)26(21)14-16-9-11-17(12-10-16)19-7-5-4-6-18(19)13-24;1-2-3-8-21-25-20(15-27)22(23)26(21)14-16-9-11-17(12-10-16)19-7-5-4-6-18(19)13-24;15-9-11-5-7-12(8-6-11)14-4-2-1-3-13(14)10-16;1-2-3-4-7-10-6(5-12)8(9)11-7/h2*4-7,9-12,27H,2-3,8,14-15H2,1H3;1-8H,9H2;12H,2-5H2,1H3,(H,10,11). The fraction of sp³-hybridized carbons (Fsp3) is 0.273. The number of rotatable bonds is 20. The van der Waals surface area contributed by atoms with Gasteiger partial charge in [0, 0.05) is 31.1 Å². The molecular formula is C66H67BrCl3N9O3. The van der Waals surface area contributed by atoms with Crippen LogP contribution < -0.4 is 0 Å². The van der Waals surface area contributed by atoms with Crippen molar-refractivity contribution in [2.24, 2.45) is 0 Å². The highest BCUT2D eigenvalue weighted by atomic mass is 79.9. The first-order chi connectivity index (χ1) is 40.0. The van der Waals surface area contributed by atoms with Gasteiger partial charge in [0.05, 0.1) is 72.7 Å². The number of aromatic amines is 1. The number of hydrogen-bond donors (Lipinski definition) is 4. The Kier molecular flexibility index (Phi) is 26.1. The van der Waals surface area contributed by atoms with E-state index in [1.807, 2.05) is 143 Å². The van der Waals surface area contributed by atoms with Gasteiger partial charge in [-0.15, -0.1) is 0 Å². The Hall–Kier alpha value is -7.35. The van der Waals surface area contributed by atoms with Crippen molar-refractivity contribution in [3.8, 4) is 51.6 Å². The van der Waals surface area contributed by atoms with Crippen LogP contribution in [0.3, 0.4) is 0 Å². The average Bonchev–Trinajstić information content (AvgIpc) is 4.19. The zero-order chi connectivity index (χ0) is 58.8. The summed E-state index contributed by atoms with van der Waals surface area (Å²) in [5, 5.41) is 57.7. The predicted molar refractivity (Wildman–Crippen MR) is 332 cm³/mol. The van der Waals surface area contributed by atoms with Gasteiger partial charge in [0.15, 0.2) is 10.3 Å². The first-order valence-electron chi connectivity index (χ1n) is 27.3. The quantitative estimate of drug-likeness (QED) is 0.0537. The van der Waals surface area contributed by atoms with Gasteiger partial charge in [0.1, 0.15) is 28.3 Å². The van der Waals surface area contributed by atoms with Crippen molar-refractivity contribution in [2.45, 2.75) is 117 Å². The van der Waals surface area contributed by atoms with Gasteiger partial charge in [0.2, 0.25) is 0 Å². The van der Waals surface area contributed by atoms with Gasteiger partial charge in [-0.1, -0.05) is 218 Å². The summed E-state index contributed by atoms with van der Waals surface area (Å²) in [4.78, 5) is 16.0. The maximum Gasteiger partial charge on any atom is 0.152 e. The molecule has 9 rings (SSSR count). The number of nitrogens with one attached hydrogen (secondary N) is 1. The lowest BCUT2D eigenvalue weighted by Gasteiger charge is -2.12. The van der Waals surface area contributed by atoms with Gasteiger partial charge < -0.3 is 29.4 Å². The molecule has 0 amide bonds. The van der Waals surface area contributed by atoms with E-state index in [1.165, 1.54) is 5.56 Å². The highest BCUT2D eigenvalue weighted by Crippen LogP contribution is 2.29. The van der Waals surface area contributed by atoms with E-state index in [9.17, 15) is 20.7 Å². The third-order valence-electron chi connectivity index (χ3n) is 13.4. The number of nitrogens with zero attached hydrogens (tertiary/aromatic N) is 8. The predicted octanol–water partition coefficient (Wildman–Crippen LogP) is 15.9. The van der Waals surface area contributed by atoms with Crippen molar-refractivity contribution in [3.63, 3.8) is 0 Å². The number of aromatic nitrogens is 6. The van der Waals surface area contributed by atoms with E-state index in [0.29, 0.717) is 62.3 Å². The number of hydrogen-bond acceptors (Lipinski definition) is 9. The number of unbranched alkanes of at least 4 members (excludes halogenated alkanes) is 3. The van der Waals surface area contributed by atoms with Crippen LogP contribution in [0.2, 0.25) is 15.5 Å². The molecule has 422 valence electrons. The zero-order valence-corrected chi connectivity index (χ0v) is 50.2. The van der Waals surface area contributed by atoms with Crippen molar-refractivity contribution in [1.82, 2.24) is 29.1 Å². The molecule has 3 heterocycles. The Morgan fingerprint density at radius 2 is 0.902 bits per heavy atom. The maximum absolute atomic E-state index is 9.69. The number of aliphatic hydroxyl groups excluding tert-OH is 3. The van der Waals surface area contributed by atoms with Crippen molar-refractivity contribution in [2.75, 3.05) is 0 Å². The highest BCUT2D eigenvalue weighted by molar-refractivity contribution is 9.08. The fourth-order valence-corrected chi connectivity index (χ4v) is 10.0. The average molecular weight is 1220 g/mol. The molecule has 12 nitrogen and oxygen atoms in total. The highest BCUT2D eigenvalue weighted by Gasteiger charge is 2.17. The number of aliphatic hydroxyl groups is 3. The number of benzene rings is 6. The van der Waals surface area contributed by atoms with E-state index in [0.717, 1.165) is 125 Å². The molecule has 82 heavy (non-hydrogen) atoms. The van der Waals surface area contributed by atoms with Crippen LogP contribution in [0, 0.1) is 34.0 Å². The molecule has 0 fully saturated rings. The lowest BCUT2D eigenvalue weighted by atomic mass is 9.99. The minimum Gasteiger partial charge on any atom is -0.390 e. The van der Waals surface area contributed by atoms with Gasteiger partial charge in [-0.3, -0.25) is 0 Å². The number of nitriles is 3. The molecule has 9 aromatic rings. The summed E-state index contributed by atoms with van der Waals surface area (Å²) in [6.07, 6.45) is 9.01. The molecule has 16 heteroatoms. The van der Waals surface area contributed by atoms with Crippen LogP contribution in [-0.4, -0.2) is 44.4 Å². The molecule has 0 bridgehead atoms. The minimum absolute atomic E-state index is 0.0715. The molecule has 0 saturated carbocycles. The van der Waals surface area contributed by atoms with Crippen molar-refractivity contribution in [3.05, 3.63) is 229 Å². The van der Waals surface area contributed by atoms with Crippen molar-refractivity contribution >= 4 is 50.7 Å². The topological polar surface area (TPSA) is 196 Å². The molecule has 0 spiro atoms. The Morgan fingerprint density at radius 3 is 1.29 bits per heavy atom. The van der Waals surface area contributed by atoms with Crippen LogP contribution in [0.4, 0.5) is 0 Å². The molecule has 0 unspecified atom stereocenters. The summed E-state index contributed by atoms with van der Waals surface area (Å²) < 4.78 is 3.98. The second kappa shape index (κ2) is 33.5. The Morgan fingerprint density at radius 1 is 0.488 bits per heavy atom. The molecule has 0 radical (unpaired) electrons. The molecule has 0 aliphatic heterocycles. The van der Waals surface area contributed by atoms with Crippen LogP contribution >= 0.6 is 50.7 Å². The molecule has 0 saturated heterocycles. The summed E-state index contributed by atoms with van der Waals surface area (Å²) in [6, 6.07) is 54.0. The Labute approximate surface area is 505 Å². The molecule has 0 aliphatic carbocycles. The van der Waals surface area contributed by atoms with Crippen LogP contribution in [-0.2, 0) is 57.5 Å². The summed E-state index contributed by atoms with van der Waals surface area (Å²) in [5.74, 6) is 2.68. The third-order valence-corrected chi connectivity index (χ3v) is 15.1. The normalized spacial score (nSPS) is 10.5. The first-order valence-corrected chi connectivity index (χ1v) is 29.6. The minimum atomic E-state index is -0.158. The van der Waals surface area contributed by atoms with Crippen molar-refractivity contribution in [1.29, 1.82) is 15.8 Å². The lowest BCUT2D eigenvalue weighted by molar-refractivity contribution is 0.271. The molecule has 4 N–H and O–H groups in total. The smallest absolute Gasteiger partial charge is 0.152 e. The van der Waals surface area contributed by atoms with E-state index < -0.39 is 0 Å². The third kappa shape index (κ3) is 17.6. The van der Waals surface area contributed by atoms with Crippen LogP contribution in [0.1, 0.15) is 127 Å². The second-order valence-corrected chi connectivity index (χ2v) is 20.8. The Balaban J connectivity index is 0.000000184. The number of alkyl halides is 1. The monoisotopic (exact) mass is 1220 g/mol. The summed E-state index contributed by atoms with van der Waals surface area (Å²) in [7, 11) is 0. The van der Waals surface area contributed by atoms with E-state index in [4.69, 9.17) is 45.2 Å². The largest absolute Gasteiger partial charge is 0.390 e. The van der Waals surface area contributed by atoms with Gasteiger partial charge in [0.25, 0.3) is 0 Å². The van der Waals surface area contributed by atoms with Crippen LogP contribution in [0.15, 0.2) is 146 Å². The van der Waals surface area contributed by atoms with E-state index in [-0.39, 0.29) is 19.8 Å². The summed E-state index contributed by atoms with van der Waals surface area (Å²) in [5.41, 5.74) is 13.2. The maximum atomic E-state index is 9.69. The van der Waals surface area contributed by atoms with E-state index in [1.54, 1.807) is 0 Å².